The number of alkyl halides is 3. The number of amides is 1. The van der Waals surface area contributed by atoms with Crippen molar-refractivity contribution in [3.8, 4) is 17.2 Å². The molecule has 4 aromatic rings. The maximum atomic E-state index is 13.2. The van der Waals surface area contributed by atoms with Gasteiger partial charge in [-0.3, -0.25) is 4.79 Å². The lowest BCUT2D eigenvalue weighted by Gasteiger charge is -2.12. The molecule has 0 saturated carbocycles. The Labute approximate surface area is 186 Å². The van der Waals surface area contributed by atoms with Crippen molar-refractivity contribution in [1.29, 1.82) is 0 Å². The van der Waals surface area contributed by atoms with E-state index in [1.54, 1.807) is 47.2 Å². The second kappa shape index (κ2) is 8.33. The third kappa shape index (κ3) is 4.24. The van der Waals surface area contributed by atoms with Gasteiger partial charge in [-0.25, -0.2) is 4.85 Å². The predicted octanol–water partition coefficient (Wildman–Crippen LogP) is 5.51. The number of halogens is 3. The van der Waals surface area contributed by atoms with Crippen molar-refractivity contribution in [2.24, 2.45) is 5.73 Å². The average molecular weight is 451 g/mol. The predicted molar refractivity (Wildman–Crippen MR) is 115 cm³/mol. The lowest BCUT2D eigenvalue weighted by atomic mass is 10.1. The number of nitrogens with two attached hydrogens (primary N) is 1. The summed E-state index contributed by atoms with van der Waals surface area (Å²) in [7, 11) is 0. The minimum atomic E-state index is -4.67. The average Bonchev–Trinajstić information content (AvgIpc) is 3.18. The van der Waals surface area contributed by atoms with Crippen LogP contribution in [0.2, 0.25) is 0 Å². The van der Waals surface area contributed by atoms with Gasteiger partial charge in [0, 0.05) is 22.8 Å². The number of aliphatic hydroxyl groups excluding tert-OH is 1. The number of fused-ring (bicyclic) bond motifs is 1. The lowest BCUT2D eigenvalue weighted by Crippen LogP contribution is -2.20. The van der Waals surface area contributed by atoms with E-state index in [0.717, 1.165) is 17.6 Å². The topological polar surface area (TPSA) is 81.8 Å². The summed E-state index contributed by atoms with van der Waals surface area (Å²) in [5.74, 6) is -0.638. The molecule has 0 bridgehead atoms. The monoisotopic (exact) mass is 451 g/mol. The number of nitrogens with zero attached hydrogens (tertiary/aromatic N) is 2. The van der Waals surface area contributed by atoms with Crippen LogP contribution >= 0.6 is 0 Å². The number of benzene rings is 3. The number of carbonyl (C=O) groups is 1. The molecule has 0 radical (unpaired) electrons. The minimum absolute atomic E-state index is 0.0549. The third-order valence-electron chi connectivity index (χ3n) is 5.05. The molecule has 6 nitrogen and oxygen atoms in total. The highest BCUT2D eigenvalue weighted by Gasteiger charge is 2.33. The molecular formula is C24H16F3N3O3. The molecule has 0 aliphatic rings. The highest BCUT2D eigenvalue weighted by atomic mass is 19.4. The summed E-state index contributed by atoms with van der Waals surface area (Å²) in [6.07, 6.45) is -4.54. The van der Waals surface area contributed by atoms with Gasteiger partial charge in [0.05, 0.1) is 17.7 Å². The van der Waals surface area contributed by atoms with Gasteiger partial charge in [-0.15, -0.1) is 0 Å². The molecule has 1 unspecified atom stereocenters. The number of para-hydroxylation sites is 1. The summed E-state index contributed by atoms with van der Waals surface area (Å²) in [5, 5.41) is 10.8. The van der Waals surface area contributed by atoms with Gasteiger partial charge in [-0.05, 0) is 42.5 Å². The van der Waals surface area contributed by atoms with Crippen LogP contribution in [0.3, 0.4) is 0 Å². The molecule has 4 rings (SSSR count). The summed E-state index contributed by atoms with van der Waals surface area (Å²) in [5.41, 5.74) is 5.44. The van der Waals surface area contributed by atoms with E-state index in [1.165, 1.54) is 6.07 Å². The Bertz CT molecular complexity index is 1390. The van der Waals surface area contributed by atoms with Crippen LogP contribution in [0.5, 0.6) is 11.5 Å². The van der Waals surface area contributed by atoms with Crippen molar-refractivity contribution in [2.75, 3.05) is 0 Å². The zero-order chi connectivity index (χ0) is 23.8. The Balaban J connectivity index is 1.66. The van der Waals surface area contributed by atoms with Crippen LogP contribution in [0.4, 0.5) is 18.9 Å². The summed E-state index contributed by atoms with van der Waals surface area (Å²) < 4.78 is 46.9. The van der Waals surface area contributed by atoms with Gasteiger partial charge in [0.1, 0.15) is 11.5 Å². The highest BCUT2D eigenvalue weighted by Crippen LogP contribution is 2.39. The standard InChI is InChI=1S/C24H16F3N3O3/c1-29-20-11-10-16(12-19(20)24(25,26)27)33-15-8-6-14(7-9-15)30-13-18(22(31)23(28)32)17-4-2-3-5-21(17)30/h2-13,22,31H,(H2,28,32). The molecule has 1 atom stereocenters. The summed E-state index contributed by atoms with van der Waals surface area (Å²) in [6, 6.07) is 16.8. The zero-order valence-electron chi connectivity index (χ0n) is 16.9. The van der Waals surface area contributed by atoms with Crippen molar-refractivity contribution in [2.45, 2.75) is 12.3 Å². The molecule has 33 heavy (non-hydrogen) atoms. The van der Waals surface area contributed by atoms with Gasteiger partial charge in [-0.1, -0.05) is 24.3 Å². The van der Waals surface area contributed by atoms with Crippen molar-refractivity contribution >= 4 is 22.5 Å². The molecule has 1 heterocycles. The number of carbonyl (C=O) groups excluding carboxylic acids is 1. The molecule has 0 aliphatic heterocycles. The molecule has 1 amide bonds. The van der Waals surface area contributed by atoms with Gasteiger partial charge in [0.2, 0.25) is 0 Å². The van der Waals surface area contributed by atoms with Crippen LogP contribution in [-0.2, 0) is 11.0 Å². The largest absolute Gasteiger partial charge is 0.457 e. The molecule has 1 aromatic heterocycles. The molecule has 3 aromatic carbocycles. The Morgan fingerprint density at radius 3 is 2.36 bits per heavy atom. The highest BCUT2D eigenvalue weighted by molar-refractivity contribution is 5.91. The molecule has 0 aliphatic carbocycles. The molecule has 9 heteroatoms. The number of ether oxygens (including phenoxy) is 1. The first-order valence-electron chi connectivity index (χ1n) is 9.63. The van der Waals surface area contributed by atoms with Crippen molar-refractivity contribution in [1.82, 2.24) is 4.57 Å². The lowest BCUT2D eigenvalue weighted by molar-refractivity contribution is -0.137. The maximum absolute atomic E-state index is 13.2. The number of hydrogen-bond acceptors (Lipinski definition) is 3. The zero-order valence-corrected chi connectivity index (χ0v) is 16.9. The van der Waals surface area contributed by atoms with Gasteiger partial charge in [0.25, 0.3) is 5.91 Å². The maximum Gasteiger partial charge on any atom is 0.407 e. The first kappa shape index (κ1) is 21.9. The Hall–Kier alpha value is -4.29. The van der Waals surface area contributed by atoms with E-state index in [0.29, 0.717) is 16.6 Å². The SMILES string of the molecule is [C-]#[N+]c1ccc(Oc2ccc(-n3cc(C(O)C(N)=O)c4ccccc43)cc2)cc1C(F)(F)F. The number of hydrogen-bond donors (Lipinski definition) is 2. The van der Waals surface area contributed by atoms with Crippen LogP contribution in [0.15, 0.2) is 72.9 Å². The van der Waals surface area contributed by atoms with Gasteiger partial charge in [0.15, 0.2) is 11.8 Å². The van der Waals surface area contributed by atoms with Crippen molar-refractivity contribution in [3.05, 3.63) is 95.5 Å². The Morgan fingerprint density at radius 1 is 1.06 bits per heavy atom. The van der Waals surface area contributed by atoms with Gasteiger partial charge >= 0.3 is 6.18 Å². The van der Waals surface area contributed by atoms with E-state index in [1.807, 2.05) is 12.1 Å². The first-order valence-corrected chi connectivity index (χ1v) is 9.63. The number of aliphatic hydroxyl groups is 1. The van der Waals surface area contributed by atoms with E-state index < -0.39 is 29.4 Å². The Morgan fingerprint density at radius 2 is 1.73 bits per heavy atom. The van der Waals surface area contributed by atoms with E-state index in [2.05, 4.69) is 4.85 Å². The van der Waals surface area contributed by atoms with E-state index in [4.69, 9.17) is 17.0 Å². The summed E-state index contributed by atoms with van der Waals surface area (Å²) in [4.78, 5) is 14.4. The molecule has 3 N–H and O–H groups in total. The molecule has 0 spiro atoms. The fourth-order valence-corrected chi connectivity index (χ4v) is 3.50. The van der Waals surface area contributed by atoms with E-state index in [-0.39, 0.29) is 11.5 Å². The van der Waals surface area contributed by atoms with Crippen LogP contribution in [0, 0.1) is 6.57 Å². The van der Waals surface area contributed by atoms with Gasteiger partial charge in [-0.2, -0.15) is 13.2 Å². The fraction of sp³-hybridized carbons (Fsp3) is 0.0833. The van der Waals surface area contributed by atoms with Crippen molar-refractivity contribution < 1.29 is 27.8 Å². The van der Waals surface area contributed by atoms with Crippen molar-refractivity contribution in [3.63, 3.8) is 0 Å². The normalized spacial score (nSPS) is 12.3. The number of aromatic nitrogens is 1. The first-order chi connectivity index (χ1) is 15.7. The van der Waals surface area contributed by atoms with E-state index in [9.17, 15) is 23.1 Å². The molecular weight excluding hydrogens is 435 g/mol. The number of primary amides is 1. The van der Waals surface area contributed by atoms with Crippen LogP contribution in [-0.4, -0.2) is 15.6 Å². The number of rotatable bonds is 5. The summed E-state index contributed by atoms with van der Waals surface area (Å²) >= 11 is 0. The van der Waals surface area contributed by atoms with Crippen LogP contribution < -0.4 is 10.5 Å². The van der Waals surface area contributed by atoms with Crippen LogP contribution in [0.1, 0.15) is 17.2 Å². The third-order valence-corrected chi connectivity index (χ3v) is 5.05. The second-order valence-electron chi connectivity index (χ2n) is 7.16. The quantitative estimate of drug-likeness (QED) is 0.393. The smallest absolute Gasteiger partial charge is 0.407 e. The molecule has 166 valence electrons. The fourth-order valence-electron chi connectivity index (χ4n) is 3.50. The van der Waals surface area contributed by atoms with E-state index >= 15 is 0 Å². The second-order valence-corrected chi connectivity index (χ2v) is 7.16. The minimum Gasteiger partial charge on any atom is -0.457 e. The van der Waals surface area contributed by atoms with Gasteiger partial charge < -0.3 is 20.1 Å². The Kier molecular flexibility index (Phi) is 5.54. The summed E-state index contributed by atoms with van der Waals surface area (Å²) in [6.45, 7) is 6.91. The van der Waals surface area contributed by atoms with Crippen LogP contribution in [0.25, 0.3) is 21.4 Å². The molecule has 0 fully saturated rings. The molecule has 0 saturated heterocycles.